The molecular formula is C31H33ClFN5O3. The number of aryl methyl sites for hydroxylation is 1. The second-order valence-corrected chi connectivity index (χ2v) is 11.1. The maximum Gasteiger partial charge on any atom is 0.246 e. The molecule has 2 aliphatic carbocycles. The Balaban J connectivity index is 1.69. The van der Waals surface area contributed by atoms with Crippen molar-refractivity contribution in [1.82, 2.24) is 14.8 Å². The van der Waals surface area contributed by atoms with E-state index in [0.29, 0.717) is 49.8 Å². The molecule has 5 rings (SSSR count). The number of piperazine rings is 1. The van der Waals surface area contributed by atoms with Crippen molar-refractivity contribution in [3.05, 3.63) is 82.0 Å². The second kappa shape index (κ2) is 11.9. The van der Waals surface area contributed by atoms with Crippen molar-refractivity contribution in [1.29, 1.82) is 0 Å². The van der Waals surface area contributed by atoms with Crippen LogP contribution >= 0.6 is 11.6 Å². The van der Waals surface area contributed by atoms with Crippen LogP contribution in [0.4, 0.5) is 15.9 Å². The molecule has 1 aromatic heterocycles. The zero-order chi connectivity index (χ0) is 29.3. The molecule has 1 atom stereocenters. The third kappa shape index (κ3) is 5.77. The van der Waals surface area contributed by atoms with Crippen LogP contribution in [0.15, 0.2) is 59.6 Å². The number of nitrogens with one attached hydrogen (secondary N) is 1. The van der Waals surface area contributed by atoms with Crippen LogP contribution in [-0.4, -0.2) is 63.7 Å². The molecule has 0 bridgehead atoms. The number of rotatable bonds is 7. The van der Waals surface area contributed by atoms with Crippen LogP contribution in [-0.2, 0) is 9.59 Å². The first-order valence-corrected chi connectivity index (χ1v) is 14.2. The van der Waals surface area contributed by atoms with Gasteiger partial charge in [-0.3, -0.25) is 9.59 Å². The standard InChI is InChI=1S/C31H33ClFN5O3/c1-4-26(41)37-13-14-38(19(3)16-37)31(36-28-18(2)7-5-8-21(28)20-11-12-20)22-15-23(32)29(35-30(22)34-17-39)27-24(33)9-6-10-25(27)40/h4-5,7-9,15,17,19-20,40H,1,6,10-14,16H2,2-3H3,(H,34,35,39). The van der Waals surface area contributed by atoms with Crippen LogP contribution in [0.5, 0.6) is 0 Å². The molecule has 1 aliphatic heterocycles. The first-order valence-electron chi connectivity index (χ1n) is 13.8. The number of aliphatic hydroxyl groups is 1. The molecule has 2 aromatic rings. The number of carbonyl (C=O) groups excluding carboxylic acids is 2. The van der Waals surface area contributed by atoms with Gasteiger partial charge in [0, 0.05) is 32.1 Å². The maximum absolute atomic E-state index is 14.9. The summed E-state index contributed by atoms with van der Waals surface area (Å²) in [7, 11) is 0. The quantitative estimate of drug-likeness (QED) is 0.177. The lowest BCUT2D eigenvalue weighted by atomic mass is 9.99. The summed E-state index contributed by atoms with van der Waals surface area (Å²) in [4.78, 5) is 37.7. The van der Waals surface area contributed by atoms with Gasteiger partial charge >= 0.3 is 0 Å². The highest BCUT2D eigenvalue weighted by Gasteiger charge is 2.33. The molecule has 1 saturated heterocycles. The molecule has 2 heterocycles. The lowest BCUT2D eigenvalue weighted by Gasteiger charge is -2.41. The van der Waals surface area contributed by atoms with E-state index in [1.165, 1.54) is 12.2 Å². The number of nitrogens with zero attached hydrogens (tertiary/aromatic N) is 4. The minimum atomic E-state index is -0.618. The van der Waals surface area contributed by atoms with Gasteiger partial charge in [-0.1, -0.05) is 36.4 Å². The Bertz CT molecular complexity index is 1500. The second-order valence-electron chi connectivity index (χ2n) is 10.6. The zero-order valence-electron chi connectivity index (χ0n) is 23.2. The van der Waals surface area contributed by atoms with E-state index < -0.39 is 5.83 Å². The van der Waals surface area contributed by atoms with E-state index in [1.807, 2.05) is 26.0 Å². The SMILES string of the molecule is C=CC(=O)N1CCN(C(=Nc2c(C)cccc2C2CC2)c2cc(Cl)c(C3=C(O)CCC=C3F)nc2NC=O)C(C)C1. The summed E-state index contributed by atoms with van der Waals surface area (Å²) >= 11 is 6.74. The van der Waals surface area contributed by atoms with Gasteiger partial charge in [-0.05, 0) is 68.4 Å². The highest BCUT2D eigenvalue weighted by atomic mass is 35.5. The Kier molecular flexibility index (Phi) is 8.26. The van der Waals surface area contributed by atoms with Gasteiger partial charge in [0.2, 0.25) is 12.3 Å². The maximum atomic E-state index is 14.9. The van der Waals surface area contributed by atoms with E-state index in [0.717, 1.165) is 29.7 Å². The average Bonchev–Trinajstić information content (AvgIpc) is 3.79. The molecule has 214 valence electrons. The van der Waals surface area contributed by atoms with E-state index in [9.17, 15) is 19.1 Å². The molecule has 3 aliphatic rings. The summed E-state index contributed by atoms with van der Waals surface area (Å²) < 4.78 is 14.9. The van der Waals surface area contributed by atoms with Crippen LogP contribution in [0.25, 0.3) is 5.57 Å². The van der Waals surface area contributed by atoms with Crippen molar-refractivity contribution in [3.63, 3.8) is 0 Å². The Morgan fingerprint density at radius 2 is 2.10 bits per heavy atom. The van der Waals surface area contributed by atoms with Crippen LogP contribution in [0.2, 0.25) is 5.02 Å². The molecule has 0 spiro atoms. The van der Waals surface area contributed by atoms with Gasteiger partial charge in [-0.2, -0.15) is 0 Å². The summed E-state index contributed by atoms with van der Waals surface area (Å²) in [5, 5.41) is 13.3. The van der Waals surface area contributed by atoms with Crippen molar-refractivity contribution in [2.24, 2.45) is 4.99 Å². The number of aliphatic hydroxyl groups excluding tert-OH is 1. The van der Waals surface area contributed by atoms with Crippen molar-refractivity contribution in [3.8, 4) is 0 Å². The lowest BCUT2D eigenvalue weighted by molar-refractivity contribution is -0.128. The average molecular weight is 578 g/mol. The fraction of sp³-hybridized carbons (Fsp3) is 0.355. The Morgan fingerprint density at radius 1 is 1.32 bits per heavy atom. The number of aromatic nitrogens is 1. The van der Waals surface area contributed by atoms with Crippen LogP contribution in [0.1, 0.15) is 60.9 Å². The van der Waals surface area contributed by atoms with E-state index in [4.69, 9.17) is 16.6 Å². The topological polar surface area (TPSA) is 98.1 Å². The van der Waals surface area contributed by atoms with Crippen LogP contribution in [0, 0.1) is 6.92 Å². The summed E-state index contributed by atoms with van der Waals surface area (Å²) in [5.41, 5.74) is 3.41. The highest BCUT2D eigenvalue weighted by Crippen LogP contribution is 2.46. The number of pyridine rings is 1. The first kappa shape index (κ1) is 28.5. The lowest BCUT2D eigenvalue weighted by Crippen LogP contribution is -2.55. The van der Waals surface area contributed by atoms with Gasteiger partial charge in [0.05, 0.1) is 27.5 Å². The van der Waals surface area contributed by atoms with Crippen molar-refractivity contribution in [2.45, 2.75) is 51.5 Å². The predicted octanol–water partition coefficient (Wildman–Crippen LogP) is 6.20. The molecule has 1 saturated carbocycles. The van der Waals surface area contributed by atoms with Crippen LogP contribution in [0.3, 0.4) is 0 Å². The minimum absolute atomic E-state index is 0.0362. The van der Waals surface area contributed by atoms with E-state index in [2.05, 4.69) is 27.8 Å². The van der Waals surface area contributed by atoms with Gasteiger partial charge in [0.1, 0.15) is 23.2 Å². The largest absolute Gasteiger partial charge is 0.511 e. The minimum Gasteiger partial charge on any atom is -0.511 e. The number of carbonyl (C=O) groups is 2. The molecule has 10 heteroatoms. The number of amidine groups is 1. The first-order chi connectivity index (χ1) is 19.7. The van der Waals surface area contributed by atoms with Gasteiger partial charge in [-0.25, -0.2) is 14.4 Å². The fourth-order valence-corrected chi connectivity index (χ4v) is 5.74. The number of anilines is 1. The zero-order valence-corrected chi connectivity index (χ0v) is 23.9. The van der Waals surface area contributed by atoms with Gasteiger partial charge in [0.25, 0.3) is 0 Å². The summed E-state index contributed by atoms with van der Waals surface area (Å²) in [6.07, 6.45) is 6.00. The number of hydrogen-bond acceptors (Lipinski definition) is 5. The van der Waals surface area contributed by atoms with E-state index in [-0.39, 0.29) is 46.2 Å². The predicted molar refractivity (Wildman–Crippen MR) is 159 cm³/mol. The molecule has 1 unspecified atom stereocenters. The fourth-order valence-electron chi connectivity index (χ4n) is 5.50. The summed E-state index contributed by atoms with van der Waals surface area (Å²) in [6, 6.07) is 7.60. The van der Waals surface area contributed by atoms with Gasteiger partial charge in [-0.15, -0.1) is 0 Å². The van der Waals surface area contributed by atoms with E-state index >= 15 is 0 Å². The molecule has 41 heavy (non-hydrogen) atoms. The Morgan fingerprint density at radius 3 is 2.76 bits per heavy atom. The smallest absolute Gasteiger partial charge is 0.246 e. The summed E-state index contributed by atoms with van der Waals surface area (Å²) in [6.45, 7) is 8.98. The molecule has 2 fully saturated rings. The normalized spacial score (nSPS) is 19.7. The monoisotopic (exact) mass is 577 g/mol. The number of aliphatic imine (C=N–C) groups is 1. The Labute approximate surface area is 243 Å². The Hall–Kier alpha value is -3.98. The summed E-state index contributed by atoms with van der Waals surface area (Å²) in [5.74, 6) is 0.189. The molecular weight excluding hydrogens is 545 g/mol. The highest BCUT2D eigenvalue weighted by molar-refractivity contribution is 6.33. The molecule has 0 radical (unpaired) electrons. The van der Waals surface area contributed by atoms with Crippen molar-refractivity contribution < 1.29 is 19.1 Å². The van der Waals surface area contributed by atoms with Crippen molar-refractivity contribution >= 4 is 46.8 Å². The molecule has 1 aromatic carbocycles. The number of hydrogen-bond donors (Lipinski definition) is 2. The van der Waals surface area contributed by atoms with E-state index in [1.54, 1.807) is 11.0 Å². The number of para-hydroxylation sites is 1. The van der Waals surface area contributed by atoms with Crippen LogP contribution < -0.4 is 5.32 Å². The molecule has 2 N–H and O–H groups in total. The molecule has 2 amide bonds. The van der Waals surface area contributed by atoms with Gasteiger partial charge in [0.15, 0.2) is 0 Å². The third-order valence-electron chi connectivity index (χ3n) is 7.77. The number of allylic oxidation sites excluding steroid dienone is 4. The third-order valence-corrected chi connectivity index (χ3v) is 8.06. The molecule has 8 nitrogen and oxygen atoms in total. The van der Waals surface area contributed by atoms with Gasteiger partial charge < -0.3 is 20.2 Å². The number of halogens is 2. The number of benzene rings is 1. The van der Waals surface area contributed by atoms with Crippen molar-refractivity contribution in [2.75, 3.05) is 25.0 Å². The number of amides is 2.